The highest BCUT2D eigenvalue weighted by Gasteiger charge is 2.22. The van der Waals surface area contributed by atoms with Crippen LogP contribution in [0.2, 0.25) is 0 Å². The molecular formula is C22H30N4O. The molecule has 3 rings (SSSR count). The normalized spacial score (nSPS) is 15.6. The zero-order valence-electron chi connectivity index (χ0n) is 16.8. The second-order valence-electron chi connectivity index (χ2n) is 8.11. The second-order valence-corrected chi connectivity index (χ2v) is 8.11. The first-order valence-electron chi connectivity index (χ1n) is 9.72. The first kappa shape index (κ1) is 19.4. The van der Waals surface area contributed by atoms with Crippen molar-refractivity contribution in [2.75, 3.05) is 38.0 Å². The average molecular weight is 367 g/mol. The molecule has 0 radical (unpaired) electrons. The Morgan fingerprint density at radius 1 is 1.00 bits per heavy atom. The van der Waals surface area contributed by atoms with Crippen LogP contribution in [0.1, 0.15) is 43.7 Å². The highest BCUT2D eigenvalue weighted by Crippen LogP contribution is 2.24. The van der Waals surface area contributed by atoms with Crippen molar-refractivity contribution in [3.05, 3.63) is 53.9 Å². The number of piperazine rings is 1. The smallest absolute Gasteiger partial charge is 0.272 e. The Bertz CT molecular complexity index is 754. The largest absolute Gasteiger partial charge is 0.354 e. The van der Waals surface area contributed by atoms with Crippen LogP contribution in [0.3, 0.4) is 0 Å². The number of hydrogen-bond donors (Lipinski definition) is 1. The molecule has 2 aromatic rings. The number of carbonyl (C=O) groups excluding carboxylic acids is 1. The van der Waals surface area contributed by atoms with Crippen LogP contribution in [0.25, 0.3) is 0 Å². The minimum Gasteiger partial charge on any atom is -0.354 e. The summed E-state index contributed by atoms with van der Waals surface area (Å²) in [4.78, 5) is 21.3. The van der Waals surface area contributed by atoms with E-state index in [0.29, 0.717) is 5.69 Å². The van der Waals surface area contributed by atoms with Crippen LogP contribution in [-0.2, 0) is 5.41 Å². The SMILES string of the molecule is CCN1CCN(C(=O)c2ccc(Nc3ccc(C(C)(C)C)cc3)cn2)CC1. The van der Waals surface area contributed by atoms with Gasteiger partial charge in [-0.25, -0.2) is 4.98 Å². The summed E-state index contributed by atoms with van der Waals surface area (Å²) >= 11 is 0. The highest BCUT2D eigenvalue weighted by atomic mass is 16.2. The number of likely N-dealkylation sites (N-methyl/N-ethyl adjacent to an activating group) is 1. The maximum absolute atomic E-state index is 12.6. The first-order chi connectivity index (χ1) is 12.9. The maximum Gasteiger partial charge on any atom is 0.272 e. The molecule has 2 heterocycles. The average Bonchev–Trinajstić information content (AvgIpc) is 2.68. The predicted molar refractivity (Wildman–Crippen MR) is 111 cm³/mol. The lowest BCUT2D eigenvalue weighted by atomic mass is 9.87. The van der Waals surface area contributed by atoms with Crippen LogP contribution < -0.4 is 5.32 Å². The molecule has 0 spiro atoms. The van der Waals surface area contributed by atoms with Gasteiger partial charge in [0.15, 0.2) is 0 Å². The number of nitrogens with one attached hydrogen (secondary N) is 1. The van der Waals surface area contributed by atoms with Gasteiger partial charge in [-0.1, -0.05) is 39.8 Å². The molecule has 1 aliphatic rings. The Morgan fingerprint density at radius 3 is 2.15 bits per heavy atom. The molecule has 0 bridgehead atoms. The summed E-state index contributed by atoms with van der Waals surface area (Å²) in [6.07, 6.45) is 1.73. The van der Waals surface area contributed by atoms with Gasteiger partial charge in [0.25, 0.3) is 5.91 Å². The molecule has 5 heteroatoms. The predicted octanol–water partition coefficient (Wildman–Crippen LogP) is 3.90. The Balaban J connectivity index is 1.61. The van der Waals surface area contributed by atoms with Crippen molar-refractivity contribution in [2.24, 2.45) is 0 Å². The number of hydrogen-bond acceptors (Lipinski definition) is 4. The Kier molecular flexibility index (Phi) is 5.80. The van der Waals surface area contributed by atoms with E-state index in [4.69, 9.17) is 0 Å². The lowest BCUT2D eigenvalue weighted by Gasteiger charge is -2.33. The fraction of sp³-hybridized carbons (Fsp3) is 0.455. The van der Waals surface area contributed by atoms with Crippen LogP contribution in [0.15, 0.2) is 42.6 Å². The molecule has 1 aromatic heterocycles. The van der Waals surface area contributed by atoms with Gasteiger partial charge in [-0.3, -0.25) is 4.79 Å². The van der Waals surface area contributed by atoms with Gasteiger partial charge in [0, 0.05) is 31.9 Å². The van der Waals surface area contributed by atoms with E-state index in [1.807, 2.05) is 11.0 Å². The van der Waals surface area contributed by atoms with Crippen molar-refractivity contribution in [1.82, 2.24) is 14.8 Å². The second kappa shape index (κ2) is 8.09. The fourth-order valence-corrected chi connectivity index (χ4v) is 3.24. The van der Waals surface area contributed by atoms with Crippen molar-refractivity contribution in [2.45, 2.75) is 33.1 Å². The van der Waals surface area contributed by atoms with Crippen molar-refractivity contribution >= 4 is 17.3 Å². The molecule has 0 saturated carbocycles. The van der Waals surface area contributed by atoms with E-state index in [2.05, 4.69) is 67.2 Å². The van der Waals surface area contributed by atoms with Gasteiger partial charge in [-0.2, -0.15) is 0 Å². The number of nitrogens with zero attached hydrogens (tertiary/aromatic N) is 3. The molecule has 5 nitrogen and oxygen atoms in total. The van der Waals surface area contributed by atoms with Crippen molar-refractivity contribution in [3.8, 4) is 0 Å². The van der Waals surface area contributed by atoms with Gasteiger partial charge in [-0.15, -0.1) is 0 Å². The fourth-order valence-electron chi connectivity index (χ4n) is 3.24. The lowest BCUT2D eigenvalue weighted by Crippen LogP contribution is -2.48. The van der Waals surface area contributed by atoms with Crippen LogP contribution in [0.4, 0.5) is 11.4 Å². The molecule has 144 valence electrons. The monoisotopic (exact) mass is 366 g/mol. The molecule has 0 unspecified atom stereocenters. The zero-order chi connectivity index (χ0) is 19.4. The third-order valence-electron chi connectivity index (χ3n) is 5.13. The van der Waals surface area contributed by atoms with E-state index in [1.54, 1.807) is 12.3 Å². The van der Waals surface area contributed by atoms with Gasteiger partial charge < -0.3 is 15.1 Å². The summed E-state index contributed by atoms with van der Waals surface area (Å²) in [5.74, 6) is 0.0202. The minimum atomic E-state index is 0.0202. The molecule has 1 fully saturated rings. The lowest BCUT2D eigenvalue weighted by molar-refractivity contribution is 0.0637. The third kappa shape index (κ3) is 4.86. The molecule has 1 amide bonds. The Labute approximate surface area is 162 Å². The number of carbonyl (C=O) groups is 1. The summed E-state index contributed by atoms with van der Waals surface area (Å²) < 4.78 is 0. The van der Waals surface area contributed by atoms with Gasteiger partial charge in [0.05, 0.1) is 11.9 Å². The van der Waals surface area contributed by atoms with Gasteiger partial charge >= 0.3 is 0 Å². The molecule has 27 heavy (non-hydrogen) atoms. The van der Waals surface area contributed by atoms with Crippen LogP contribution in [-0.4, -0.2) is 53.4 Å². The number of pyridine rings is 1. The van der Waals surface area contributed by atoms with Crippen molar-refractivity contribution in [1.29, 1.82) is 0 Å². The van der Waals surface area contributed by atoms with E-state index < -0.39 is 0 Å². The number of anilines is 2. The number of benzene rings is 1. The third-order valence-corrected chi connectivity index (χ3v) is 5.13. The Morgan fingerprint density at radius 2 is 1.63 bits per heavy atom. The van der Waals surface area contributed by atoms with E-state index >= 15 is 0 Å². The molecular weight excluding hydrogens is 336 g/mol. The molecule has 0 aliphatic carbocycles. The Hall–Kier alpha value is -2.40. The first-order valence-corrected chi connectivity index (χ1v) is 9.72. The van der Waals surface area contributed by atoms with E-state index in [0.717, 1.165) is 44.1 Å². The number of amides is 1. The summed E-state index contributed by atoms with van der Waals surface area (Å²) in [6.45, 7) is 13.2. The van der Waals surface area contributed by atoms with E-state index in [-0.39, 0.29) is 11.3 Å². The zero-order valence-corrected chi connectivity index (χ0v) is 16.8. The molecule has 1 N–H and O–H groups in total. The van der Waals surface area contributed by atoms with Crippen LogP contribution >= 0.6 is 0 Å². The van der Waals surface area contributed by atoms with Crippen LogP contribution in [0.5, 0.6) is 0 Å². The molecule has 1 aromatic carbocycles. The van der Waals surface area contributed by atoms with Crippen molar-refractivity contribution < 1.29 is 4.79 Å². The minimum absolute atomic E-state index is 0.0202. The molecule has 0 atom stereocenters. The highest BCUT2D eigenvalue weighted by molar-refractivity contribution is 5.92. The van der Waals surface area contributed by atoms with Crippen molar-refractivity contribution in [3.63, 3.8) is 0 Å². The molecule has 1 saturated heterocycles. The van der Waals surface area contributed by atoms with E-state index in [9.17, 15) is 4.79 Å². The standard InChI is InChI=1S/C22H30N4O/c1-5-25-12-14-26(15-13-25)21(27)20-11-10-19(16-23-20)24-18-8-6-17(7-9-18)22(2,3)4/h6-11,16,24H,5,12-15H2,1-4H3. The van der Waals surface area contributed by atoms with E-state index in [1.165, 1.54) is 5.56 Å². The number of rotatable bonds is 4. The topological polar surface area (TPSA) is 48.5 Å². The summed E-state index contributed by atoms with van der Waals surface area (Å²) in [6, 6.07) is 12.2. The summed E-state index contributed by atoms with van der Waals surface area (Å²) in [5, 5.41) is 3.35. The molecule has 1 aliphatic heterocycles. The number of aromatic nitrogens is 1. The van der Waals surface area contributed by atoms with Gasteiger partial charge in [-0.05, 0) is 41.8 Å². The maximum atomic E-state index is 12.6. The quantitative estimate of drug-likeness (QED) is 0.891. The summed E-state index contributed by atoms with van der Waals surface area (Å²) in [5.41, 5.74) is 3.85. The van der Waals surface area contributed by atoms with Crippen LogP contribution in [0, 0.1) is 0 Å². The summed E-state index contributed by atoms with van der Waals surface area (Å²) in [7, 11) is 0. The van der Waals surface area contributed by atoms with Gasteiger partial charge in [0.2, 0.25) is 0 Å². The van der Waals surface area contributed by atoms with Gasteiger partial charge in [0.1, 0.15) is 5.69 Å².